The molecule has 4 rings (SSSR count). The zero-order chi connectivity index (χ0) is 18.0. The van der Waals surface area contributed by atoms with E-state index in [2.05, 4.69) is 16.3 Å². The molecule has 1 saturated heterocycles. The molecule has 6 nitrogen and oxygen atoms in total. The third kappa shape index (κ3) is 3.35. The maximum Gasteiger partial charge on any atom is 0.242 e. The van der Waals surface area contributed by atoms with Crippen LogP contribution in [-0.4, -0.2) is 62.7 Å². The number of nitrogens with zero attached hydrogens (tertiary/aromatic N) is 2. The Morgan fingerprint density at radius 3 is 2.65 bits per heavy atom. The monoisotopic (exact) mass is 357 g/mol. The van der Waals surface area contributed by atoms with Gasteiger partial charge in [-0.05, 0) is 37.3 Å². The molecule has 0 unspecified atom stereocenters. The molecule has 1 saturated carbocycles. The second-order valence-corrected chi connectivity index (χ2v) is 7.48. The Kier molecular flexibility index (Phi) is 4.96. The van der Waals surface area contributed by atoms with Crippen LogP contribution in [0.5, 0.6) is 0 Å². The molecule has 1 aliphatic carbocycles. The predicted molar refractivity (Wildman–Crippen MR) is 99.1 cm³/mol. The minimum atomic E-state index is -0.838. The van der Waals surface area contributed by atoms with E-state index in [-0.39, 0.29) is 11.8 Å². The topological polar surface area (TPSA) is 61.9 Å². The molecule has 1 aromatic rings. The Morgan fingerprint density at radius 1 is 1.12 bits per heavy atom. The number of anilines is 1. The van der Waals surface area contributed by atoms with E-state index in [1.165, 1.54) is 5.56 Å². The molecule has 2 heterocycles. The van der Waals surface area contributed by atoms with Crippen molar-refractivity contribution in [1.82, 2.24) is 10.2 Å². The molecule has 2 fully saturated rings. The zero-order valence-corrected chi connectivity index (χ0v) is 15.2. The van der Waals surface area contributed by atoms with Crippen molar-refractivity contribution in [2.45, 2.75) is 25.7 Å². The fourth-order valence-electron chi connectivity index (χ4n) is 3.99. The highest BCUT2D eigenvalue weighted by Crippen LogP contribution is 2.48. The Morgan fingerprint density at radius 2 is 1.88 bits per heavy atom. The average molecular weight is 357 g/mol. The smallest absolute Gasteiger partial charge is 0.242 e. The predicted octanol–water partition coefficient (Wildman–Crippen LogP) is 1.19. The lowest BCUT2D eigenvalue weighted by atomic mass is 9.97. The van der Waals surface area contributed by atoms with Crippen molar-refractivity contribution < 1.29 is 14.3 Å². The molecule has 0 aromatic heterocycles. The van der Waals surface area contributed by atoms with Crippen LogP contribution in [0, 0.1) is 5.41 Å². The maximum absolute atomic E-state index is 13.2. The Bertz CT molecular complexity index is 681. The number of aryl methyl sites for hydroxylation is 1. The highest BCUT2D eigenvalue weighted by atomic mass is 16.5. The van der Waals surface area contributed by atoms with Crippen LogP contribution in [0.25, 0.3) is 0 Å². The van der Waals surface area contributed by atoms with Gasteiger partial charge in [-0.2, -0.15) is 0 Å². The molecule has 2 aliphatic heterocycles. The minimum Gasteiger partial charge on any atom is -0.379 e. The number of hydrogen-bond acceptors (Lipinski definition) is 4. The quantitative estimate of drug-likeness (QED) is 0.805. The first-order valence-corrected chi connectivity index (χ1v) is 9.69. The summed E-state index contributed by atoms with van der Waals surface area (Å²) < 4.78 is 5.34. The lowest BCUT2D eigenvalue weighted by molar-refractivity contribution is -0.135. The summed E-state index contributed by atoms with van der Waals surface area (Å²) in [4.78, 5) is 30.1. The Hall–Kier alpha value is -1.92. The largest absolute Gasteiger partial charge is 0.379 e. The molecular weight excluding hydrogens is 330 g/mol. The summed E-state index contributed by atoms with van der Waals surface area (Å²) in [6.45, 7) is 5.43. The summed E-state index contributed by atoms with van der Waals surface area (Å²) in [6.07, 6.45) is 3.28. The molecule has 0 spiro atoms. The van der Waals surface area contributed by atoms with E-state index in [1.807, 2.05) is 23.1 Å². The highest BCUT2D eigenvalue weighted by Gasteiger charge is 2.58. The van der Waals surface area contributed by atoms with E-state index in [1.54, 1.807) is 0 Å². The van der Waals surface area contributed by atoms with Crippen LogP contribution in [0.15, 0.2) is 24.3 Å². The SMILES string of the molecule is O=C(NCCN1CCOCC1)C1(C(=O)N2CCCc3ccccc32)CC1. The fourth-order valence-corrected chi connectivity index (χ4v) is 3.99. The summed E-state index contributed by atoms with van der Waals surface area (Å²) in [5.74, 6) is -0.118. The lowest BCUT2D eigenvalue weighted by Crippen LogP contribution is -2.48. The number of nitrogens with one attached hydrogen (secondary N) is 1. The molecule has 1 aromatic carbocycles. The standard InChI is InChI=1S/C20H27N3O3/c24-18(21-9-11-22-12-14-26-15-13-22)20(7-8-20)19(25)23-10-3-5-16-4-1-2-6-17(16)23/h1-2,4,6H,3,5,7-15H2,(H,21,24). The molecule has 1 N–H and O–H groups in total. The number of carbonyl (C=O) groups excluding carboxylic acids is 2. The van der Waals surface area contributed by atoms with Crippen LogP contribution in [0.3, 0.4) is 0 Å². The summed E-state index contributed by atoms with van der Waals surface area (Å²) in [6, 6.07) is 8.06. The number of morpholine rings is 1. The average Bonchev–Trinajstić information content (AvgIpc) is 3.50. The van der Waals surface area contributed by atoms with E-state index in [9.17, 15) is 9.59 Å². The zero-order valence-electron chi connectivity index (χ0n) is 15.2. The molecule has 6 heteroatoms. The Balaban J connectivity index is 1.37. The van der Waals surface area contributed by atoms with E-state index < -0.39 is 5.41 Å². The van der Waals surface area contributed by atoms with Gasteiger partial charge in [0, 0.05) is 38.4 Å². The van der Waals surface area contributed by atoms with Gasteiger partial charge in [0.1, 0.15) is 5.41 Å². The number of benzene rings is 1. The van der Waals surface area contributed by atoms with Crippen molar-refractivity contribution in [3.63, 3.8) is 0 Å². The van der Waals surface area contributed by atoms with Crippen molar-refractivity contribution in [3.05, 3.63) is 29.8 Å². The van der Waals surface area contributed by atoms with Crippen LogP contribution in [0.2, 0.25) is 0 Å². The first kappa shape index (κ1) is 17.5. The van der Waals surface area contributed by atoms with Gasteiger partial charge >= 0.3 is 0 Å². The first-order valence-electron chi connectivity index (χ1n) is 9.69. The van der Waals surface area contributed by atoms with Gasteiger partial charge in [0.2, 0.25) is 11.8 Å². The van der Waals surface area contributed by atoms with Crippen LogP contribution < -0.4 is 10.2 Å². The summed E-state index contributed by atoms with van der Waals surface area (Å²) in [5.41, 5.74) is 1.35. The molecule has 26 heavy (non-hydrogen) atoms. The van der Waals surface area contributed by atoms with Gasteiger partial charge < -0.3 is 15.0 Å². The van der Waals surface area contributed by atoms with Crippen LogP contribution in [0.1, 0.15) is 24.8 Å². The molecule has 3 aliphatic rings. The third-order valence-corrected chi connectivity index (χ3v) is 5.77. The second kappa shape index (κ2) is 7.37. The van der Waals surface area contributed by atoms with Gasteiger partial charge in [-0.25, -0.2) is 0 Å². The molecule has 0 bridgehead atoms. The fraction of sp³-hybridized carbons (Fsp3) is 0.600. The van der Waals surface area contributed by atoms with Gasteiger partial charge in [0.05, 0.1) is 13.2 Å². The van der Waals surface area contributed by atoms with Crippen molar-refractivity contribution in [2.75, 3.05) is 50.8 Å². The molecule has 140 valence electrons. The molecule has 0 radical (unpaired) electrons. The van der Waals surface area contributed by atoms with E-state index in [0.29, 0.717) is 25.9 Å². The van der Waals surface area contributed by atoms with Gasteiger partial charge in [-0.1, -0.05) is 18.2 Å². The summed E-state index contributed by atoms with van der Waals surface area (Å²) in [5, 5.41) is 3.01. The second-order valence-electron chi connectivity index (χ2n) is 7.48. The summed E-state index contributed by atoms with van der Waals surface area (Å²) in [7, 11) is 0. The molecule has 2 amide bonds. The maximum atomic E-state index is 13.2. The summed E-state index contributed by atoms with van der Waals surface area (Å²) >= 11 is 0. The van der Waals surface area contributed by atoms with Gasteiger partial charge in [-0.3, -0.25) is 14.5 Å². The van der Waals surface area contributed by atoms with E-state index in [0.717, 1.165) is 51.4 Å². The van der Waals surface area contributed by atoms with Crippen LogP contribution in [-0.2, 0) is 20.7 Å². The minimum absolute atomic E-state index is 0.0199. The van der Waals surface area contributed by atoms with E-state index in [4.69, 9.17) is 4.74 Å². The van der Waals surface area contributed by atoms with Crippen molar-refractivity contribution in [3.8, 4) is 0 Å². The first-order chi connectivity index (χ1) is 12.7. The number of rotatable bonds is 5. The number of amides is 2. The Labute approximate surface area is 154 Å². The number of hydrogen-bond donors (Lipinski definition) is 1. The van der Waals surface area contributed by atoms with Crippen molar-refractivity contribution >= 4 is 17.5 Å². The van der Waals surface area contributed by atoms with Crippen LogP contribution >= 0.6 is 0 Å². The number of fused-ring (bicyclic) bond motifs is 1. The van der Waals surface area contributed by atoms with Crippen LogP contribution in [0.4, 0.5) is 5.69 Å². The highest BCUT2D eigenvalue weighted by molar-refractivity contribution is 6.14. The third-order valence-electron chi connectivity index (χ3n) is 5.77. The molecular formula is C20H27N3O3. The number of ether oxygens (including phenoxy) is 1. The van der Waals surface area contributed by atoms with E-state index >= 15 is 0 Å². The number of para-hydroxylation sites is 1. The number of carbonyl (C=O) groups is 2. The van der Waals surface area contributed by atoms with Gasteiger partial charge in [0.25, 0.3) is 0 Å². The van der Waals surface area contributed by atoms with Gasteiger partial charge in [-0.15, -0.1) is 0 Å². The van der Waals surface area contributed by atoms with Crippen molar-refractivity contribution in [2.24, 2.45) is 5.41 Å². The molecule has 0 atom stereocenters. The lowest BCUT2D eigenvalue weighted by Gasteiger charge is -2.32. The normalized spacial score (nSPS) is 21.8. The van der Waals surface area contributed by atoms with Gasteiger partial charge in [0.15, 0.2) is 0 Å². The van der Waals surface area contributed by atoms with Crippen molar-refractivity contribution in [1.29, 1.82) is 0 Å².